The van der Waals surface area contributed by atoms with E-state index in [2.05, 4.69) is 28.3 Å². The minimum atomic E-state index is -4.59. The number of amides is 3. The highest BCUT2D eigenvalue weighted by Gasteiger charge is 2.32. The molecule has 2 N–H and O–H groups in total. The average Bonchev–Trinajstić information content (AvgIpc) is 2.88. The minimum Gasteiger partial charge on any atom is -0.369 e. The van der Waals surface area contributed by atoms with E-state index in [4.69, 9.17) is 0 Å². The molecule has 38 heavy (non-hydrogen) atoms. The lowest BCUT2D eigenvalue weighted by atomic mass is 10.1. The van der Waals surface area contributed by atoms with Crippen molar-refractivity contribution >= 4 is 47.5 Å². The van der Waals surface area contributed by atoms with Gasteiger partial charge in [-0.1, -0.05) is 24.9 Å². The number of carbonyl (C=O) groups excluding carboxylic acids is 2. The molecule has 0 radical (unpaired) electrons. The normalized spacial score (nSPS) is 14.2. The van der Waals surface area contributed by atoms with Gasteiger partial charge in [0, 0.05) is 43.2 Å². The molecule has 0 atom stereocenters. The molecule has 1 aliphatic heterocycles. The number of hydrogen-bond acceptors (Lipinski definition) is 5. The Kier molecular flexibility index (Phi) is 8.12. The van der Waals surface area contributed by atoms with Crippen molar-refractivity contribution < 1.29 is 27.2 Å². The number of benzene rings is 3. The smallest absolute Gasteiger partial charge is 0.369 e. The lowest BCUT2D eigenvalue weighted by molar-refractivity contribution is -0.137. The van der Waals surface area contributed by atoms with Crippen LogP contribution in [0.4, 0.5) is 45.1 Å². The van der Waals surface area contributed by atoms with Crippen molar-refractivity contribution in [2.75, 3.05) is 53.1 Å². The number of piperazine rings is 1. The standard InChI is InChI=1S/C26H25F4N5O2S/c1-33-10-12-34(13-11-33)21-15-17(26(28,29)30)14-19(16-21)32-25(37)35(38)20-8-6-18(7-9-20)31-24(36)22-4-2-3-5-23(22)27/h2-9,14-16,38H,10-13H2,1H3,(H,31,36)(H,32,37). The molecular weight excluding hydrogens is 522 g/mol. The summed E-state index contributed by atoms with van der Waals surface area (Å²) in [5.41, 5.74) is -0.0102. The largest absolute Gasteiger partial charge is 0.416 e. The number of likely N-dealkylation sites (N-methyl/N-ethyl adjacent to an activating group) is 1. The van der Waals surface area contributed by atoms with Gasteiger partial charge in [0.1, 0.15) is 5.82 Å². The van der Waals surface area contributed by atoms with Gasteiger partial charge in [0.15, 0.2) is 0 Å². The molecule has 1 saturated heterocycles. The maximum atomic E-state index is 13.8. The SMILES string of the molecule is CN1CCN(c2cc(NC(=O)N(S)c3ccc(NC(=O)c4ccccc4F)cc3)cc(C(F)(F)F)c2)CC1. The summed E-state index contributed by atoms with van der Waals surface area (Å²) in [7, 11) is 1.94. The van der Waals surface area contributed by atoms with Gasteiger partial charge in [0.2, 0.25) is 0 Å². The first-order valence-corrected chi connectivity index (χ1v) is 12.0. The van der Waals surface area contributed by atoms with Crippen molar-refractivity contribution in [2.45, 2.75) is 6.18 Å². The second kappa shape index (κ2) is 11.3. The van der Waals surface area contributed by atoms with Crippen LogP contribution in [0.2, 0.25) is 0 Å². The van der Waals surface area contributed by atoms with Gasteiger partial charge in [0.05, 0.1) is 16.8 Å². The van der Waals surface area contributed by atoms with Crippen LogP contribution in [-0.4, -0.2) is 50.1 Å². The van der Waals surface area contributed by atoms with Gasteiger partial charge in [-0.25, -0.2) is 13.5 Å². The molecule has 4 rings (SSSR count). The number of anilines is 4. The van der Waals surface area contributed by atoms with Crippen LogP contribution < -0.4 is 19.8 Å². The molecule has 1 aliphatic rings. The number of nitrogens with one attached hydrogen (secondary N) is 2. The third-order valence-electron chi connectivity index (χ3n) is 6.05. The van der Waals surface area contributed by atoms with Crippen LogP contribution in [0.1, 0.15) is 15.9 Å². The Morgan fingerprint density at radius 3 is 2.18 bits per heavy atom. The maximum absolute atomic E-state index is 13.8. The zero-order valence-corrected chi connectivity index (χ0v) is 21.2. The summed E-state index contributed by atoms with van der Waals surface area (Å²) < 4.78 is 55.5. The first-order chi connectivity index (χ1) is 18.0. The van der Waals surface area contributed by atoms with Crippen molar-refractivity contribution in [1.29, 1.82) is 0 Å². The number of hydrogen-bond donors (Lipinski definition) is 3. The number of alkyl halides is 3. The van der Waals surface area contributed by atoms with Crippen LogP contribution in [0.5, 0.6) is 0 Å². The Hall–Kier alpha value is -3.77. The van der Waals surface area contributed by atoms with E-state index in [9.17, 15) is 27.2 Å². The second-order valence-electron chi connectivity index (χ2n) is 8.78. The summed E-state index contributed by atoms with van der Waals surface area (Å²) in [4.78, 5) is 29.0. The summed E-state index contributed by atoms with van der Waals surface area (Å²) in [5.74, 6) is -1.30. The van der Waals surface area contributed by atoms with Crippen molar-refractivity contribution in [1.82, 2.24) is 4.90 Å². The Labute approximate surface area is 222 Å². The molecule has 0 saturated carbocycles. The zero-order valence-electron chi connectivity index (χ0n) is 20.3. The fourth-order valence-electron chi connectivity index (χ4n) is 3.92. The van der Waals surface area contributed by atoms with Crippen LogP contribution in [0.25, 0.3) is 0 Å². The number of nitrogens with zero attached hydrogens (tertiary/aromatic N) is 3. The number of rotatable bonds is 5. The third-order valence-corrected chi connectivity index (χ3v) is 6.46. The highest BCUT2D eigenvalue weighted by Crippen LogP contribution is 2.35. The predicted molar refractivity (Wildman–Crippen MR) is 142 cm³/mol. The average molecular weight is 548 g/mol. The monoisotopic (exact) mass is 547 g/mol. The lowest BCUT2D eigenvalue weighted by Gasteiger charge is -2.34. The number of urea groups is 1. The van der Waals surface area contributed by atoms with E-state index in [0.29, 0.717) is 43.2 Å². The van der Waals surface area contributed by atoms with Gasteiger partial charge < -0.3 is 20.4 Å². The quantitative estimate of drug-likeness (QED) is 0.282. The first-order valence-electron chi connectivity index (χ1n) is 11.6. The summed E-state index contributed by atoms with van der Waals surface area (Å²) >= 11 is 4.19. The van der Waals surface area contributed by atoms with Crippen molar-refractivity contribution in [2.24, 2.45) is 0 Å². The summed E-state index contributed by atoms with van der Waals surface area (Å²) in [5, 5.41) is 5.04. The molecule has 0 spiro atoms. The van der Waals surface area contributed by atoms with E-state index < -0.39 is 29.5 Å². The van der Waals surface area contributed by atoms with E-state index in [1.54, 1.807) is 0 Å². The zero-order chi connectivity index (χ0) is 27.4. The van der Waals surface area contributed by atoms with Crippen LogP contribution in [-0.2, 0) is 6.18 Å². The molecule has 0 aromatic heterocycles. The van der Waals surface area contributed by atoms with E-state index >= 15 is 0 Å². The third kappa shape index (κ3) is 6.56. The van der Waals surface area contributed by atoms with Gasteiger partial charge in [0.25, 0.3) is 5.91 Å². The molecule has 0 aliphatic carbocycles. The van der Waals surface area contributed by atoms with Crippen molar-refractivity contribution in [3.05, 3.63) is 83.7 Å². The summed E-state index contributed by atoms with van der Waals surface area (Å²) in [6.07, 6.45) is -4.59. The molecule has 3 aromatic carbocycles. The van der Waals surface area contributed by atoms with Crippen molar-refractivity contribution in [3.8, 4) is 0 Å². The Bertz CT molecular complexity index is 1310. The summed E-state index contributed by atoms with van der Waals surface area (Å²) in [6.45, 7) is 2.53. The number of halogens is 4. The first kappa shape index (κ1) is 27.3. The molecule has 1 fully saturated rings. The minimum absolute atomic E-state index is 0.0217. The van der Waals surface area contributed by atoms with Crippen LogP contribution in [0, 0.1) is 5.82 Å². The molecule has 0 unspecified atom stereocenters. The number of thiol groups is 1. The molecule has 7 nitrogen and oxygen atoms in total. The molecular formula is C26H25F4N5O2S. The number of carbonyl (C=O) groups is 2. The van der Waals surface area contributed by atoms with E-state index in [0.717, 1.165) is 16.4 Å². The Morgan fingerprint density at radius 2 is 1.55 bits per heavy atom. The second-order valence-corrected chi connectivity index (χ2v) is 9.18. The van der Waals surface area contributed by atoms with Crippen LogP contribution >= 0.6 is 12.8 Å². The fourth-order valence-corrected chi connectivity index (χ4v) is 4.10. The molecule has 200 valence electrons. The van der Waals surface area contributed by atoms with Crippen molar-refractivity contribution in [3.63, 3.8) is 0 Å². The molecule has 12 heteroatoms. The van der Waals surface area contributed by atoms with Gasteiger partial charge >= 0.3 is 12.2 Å². The molecule has 3 aromatic rings. The van der Waals surface area contributed by atoms with E-state index in [1.807, 2.05) is 11.9 Å². The van der Waals surface area contributed by atoms with E-state index in [-0.39, 0.29) is 11.3 Å². The van der Waals surface area contributed by atoms with Gasteiger partial charge in [-0.15, -0.1) is 0 Å². The fraction of sp³-hybridized carbons (Fsp3) is 0.231. The molecule has 0 bridgehead atoms. The highest BCUT2D eigenvalue weighted by atomic mass is 32.1. The molecule has 1 heterocycles. The molecule has 3 amide bonds. The van der Waals surface area contributed by atoms with Crippen LogP contribution in [0.3, 0.4) is 0 Å². The topological polar surface area (TPSA) is 67.9 Å². The van der Waals surface area contributed by atoms with Gasteiger partial charge in [-0.3, -0.25) is 4.79 Å². The van der Waals surface area contributed by atoms with Crippen LogP contribution in [0.15, 0.2) is 66.7 Å². The lowest BCUT2D eigenvalue weighted by Crippen LogP contribution is -2.44. The van der Waals surface area contributed by atoms with Gasteiger partial charge in [-0.2, -0.15) is 13.2 Å². The highest BCUT2D eigenvalue weighted by molar-refractivity contribution is 7.82. The Morgan fingerprint density at radius 1 is 0.895 bits per heavy atom. The predicted octanol–water partition coefficient (Wildman–Crippen LogP) is 5.73. The Balaban J connectivity index is 1.46. The van der Waals surface area contributed by atoms with E-state index in [1.165, 1.54) is 54.6 Å². The maximum Gasteiger partial charge on any atom is 0.416 e. The van der Waals surface area contributed by atoms with Gasteiger partial charge in [-0.05, 0) is 61.6 Å². The summed E-state index contributed by atoms with van der Waals surface area (Å²) in [6, 6.07) is 14.1.